The minimum Gasteiger partial charge on any atom is -0.0654 e. The van der Waals surface area contributed by atoms with Gasteiger partial charge in [-0.15, -0.1) is 0 Å². The Balaban J connectivity index is 3.03. The van der Waals surface area contributed by atoms with Gasteiger partial charge in [-0.05, 0) is 12.8 Å². The van der Waals surface area contributed by atoms with Gasteiger partial charge in [0.05, 0.1) is 6.16 Å². The number of hydrogen-bond acceptors (Lipinski definition) is 0. The molecule has 1 heteroatoms. The molecule has 0 nitrogen and oxygen atoms in total. The summed E-state index contributed by atoms with van der Waals surface area (Å²) in [6.45, 7) is 9.75. The van der Waals surface area contributed by atoms with Gasteiger partial charge < -0.3 is 0 Å². The van der Waals surface area contributed by atoms with Gasteiger partial charge in [0.25, 0.3) is 0 Å². The Labute approximate surface area is 226 Å². The van der Waals surface area contributed by atoms with Gasteiger partial charge in [0.2, 0.25) is 0 Å². The Morgan fingerprint density at radius 2 is 0.429 bits per heavy atom. The van der Waals surface area contributed by atoms with Crippen molar-refractivity contribution in [3.05, 3.63) is 0 Å². The fourth-order valence-electron chi connectivity index (χ4n) is 5.43. The third kappa shape index (κ3) is 34.4. The lowest BCUT2D eigenvalue weighted by Gasteiger charge is -2.10. The summed E-state index contributed by atoms with van der Waals surface area (Å²) in [4.78, 5) is 0. The first-order valence-corrected chi connectivity index (χ1v) is 20.2. The van der Waals surface area contributed by atoms with Crippen LogP contribution in [-0.4, -0.2) is 26.2 Å². The molecule has 0 bridgehead atoms. The summed E-state index contributed by atoms with van der Waals surface area (Å²) in [5.41, 5.74) is 0. The van der Waals surface area contributed by atoms with Gasteiger partial charge in [-0.2, -0.15) is 0 Å². The Bertz CT molecular complexity index is 369. The van der Waals surface area contributed by atoms with Crippen molar-refractivity contribution in [2.24, 2.45) is 0 Å². The van der Waals surface area contributed by atoms with Crippen LogP contribution in [-0.2, 0) is 0 Å². The lowest BCUT2D eigenvalue weighted by atomic mass is 10.0. The largest absolute Gasteiger partial charge is 0.0654 e. The van der Waals surface area contributed by atoms with Crippen molar-refractivity contribution < 1.29 is 0 Å². The Morgan fingerprint density at radius 1 is 0.257 bits per heavy atom. The second-order valence-corrected chi connectivity index (χ2v) is 17.9. The fourth-order valence-corrected chi connectivity index (χ4v) is 6.60. The standard InChI is InChI=1S/C34H72P/c1-5-6-7-8-9-10-11-12-13-14-15-16-17-18-19-20-21-22-23-24-25-26-27-28-29-30-31-32-33-34-35(2,3)4/h5-34H2,1-4H3/q+1. The normalized spacial score (nSPS) is 12.0. The van der Waals surface area contributed by atoms with Crippen LogP contribution in [0.4, 0.5) is 0 Å². The molecule has 0 saturated heterocycles. The zero-order chi connectivity index (χ0) is 25.7. The molecule has 0 radical (unpaired) electrons. The molecular weight excluding hydrogens is 439 g/mol. The van der Waals surface area contributed by atoms with Gasteiger partial charge >= 0.3 is 0 Å². The van der Waals surface area contributed by atoms with Crippen LogP contribution in [0.2, 0.25) is 0 Å². The van der Waals surface area contributed by atoms with Crippen LogP contribution in [0.25, 0.3) is 0 Å². The molecule has 35 heavy (non-hydrogen) atoms. The summed E-state index contributed by atoms with van der Waals surface area (Å²) >= 11 is 0. The lowest BCUT2D eigenvalue weighted by Crippen LogP contribution is -1.93. The summed E-state index contributed by atoms with van der Waals surface area (Å²) in [6, 6.07) is 0. The highest BCUT2D eigenvalue weighted by Gasteiger charge is 2.15. The predicted molar refractivity (Wildman–Crippen MR) is 169 cm³/mol. The predicted octanol–water partition coefficient (Wildman–Crippen LogP) is 13.2. The Hall–Kier alpha value is 0.430. The monoisotopic (exact) mass is 512 g/mol. The number of unbranched alkanes of at least 4 members (excludes halogenated alkanes) is 28. The molecule has 0 aliphatic rings. The third-order valence-electron chi connectivity index (χ3n) is 7.93. The van der Waals surface area contributed by atoms with Gasteiger partial charge in [-0.1, -0.05) is 180 Å². The number of rotatable bonds is 30. The maximum Gasteiger partial charge on any atom is 0.0586 e. The highest BCUT2D eigenvalue weighted by atomic mass is 31.2. The van der Waals surface area contributed by atoms with Gasteiger partial charge in [0, 0.05) is 27.3 Å². The summed E-state index contributed by atoms with van der Waals surface area (Å²) in [6.07, 6.45) is 44.6. The van der Waals surface area contributed by atoms with Crippen molar-refractivity contribution in [2.75, 3.05) is 26.2 Å². The number of hydrogen-bond donors (Lipinski definition) is 0. The van der Waals surface area contributed by atoms with E-state index < -0.39 is 7.26 Å². The topological polar surface area (TPSA) is 0 Å². The summed E-state index contributed by atoms with van der Waals surface area (Å²) in [7, 11) is -0.517. The van der Waals surface area contributed by atoms with E-state index in [1.807, 2.05) is 0 Å². The lowest BCUT2D eigenvalue weighted by molar-refractivity contribution is 0.514. The fraction of sp³-hybridized carbons (Fsp3) is 1.00. The van der Waals surface area contributed by atoms with Crippen LogP contribution >= 0.6 is 7.26 Å². The molecule has 0 atom stereocenters. The molecule has 0 saturated carbocycles. The minimum atomic E-state index is -0.517. The van der Waals surface area contributed by atoms with E-state index in [9.17, 15) is 0 Å². The van der Waals surface area contributed by atoms with E-state index in [1.165, 1.54) is 192 Å². The molecule has 0 heterocycles. The molecule has 0 aromatic rings. The molecule has 0 spiro atoms. The molecular formula is C34H72P+. The van der Waals surface area contributed by atoms with E-state index in [0.717, 1.165) is 0 Å². The SMILES string of the molecule is CCCCCCCCCCCCCCCCCCCCCCCCCCCCCCC[P+](C)(C)C. The van der Waals surface area contributed by atoms with E-state index in [-0.39, 0.29) is 0 Å². The van der Waals surface area contributed by atoms with Crippen LogP contribution in [0.1, 0.15) is 193 Å². The Kier molecular flexibility index (Phi) is 29.3. The quantitative estimate of drug-likeness (QED) is 0.0664. The van der Waals surface area contributed by atoms with Crippen molar-refractivity contribution in [2.45, 2.75) is 193 Å². The van der Waals surface area contributed by atoms with E-state index in [4.69, 9.17) is 0 Å². The van der Waals surface area contributed by atoms with Crippen LogP contribution in [0.3, 0.4) is 0 Å². The second-order valence-electron chi connectivity index (χ2n) is 12.9. The average Bonchev–Trinajstić information content (AvgIpc) is 2.82. The van der Waals surface area contributed by atoms with Crippen molar-refractivity contribution >= 4 is 7.26 Å². The van der Waals surface area contributed by atoms with Crippen LogP contribution in [0, 0.1) is 0 Å². The zero-order valence-corrected chi connectivity index (χ0v) is 26.6. The molecule has 0 rings (SSSR count). The molecule has 0 aromatic heterocycles. The molecule has 0 fully saturated rings. The van der Waals surface area contributed by atoms with Gasteiger partial charge in [-0.25, -0.2) is 0 Å². The smallest absolute Gasteiger partial charge is 0.0586 e. The Morgan fingerprint density at radius 3 is 0.600 bits per heavy atom. The molecule has 0 aliphatic heterocycles. The molecule has 0 aromatic carbocycles. The highest BCUT2D eigenvalue weighted by molar-refractivity contribution is 7.73. The zero-order valence-electron chi connectivity index (χ0n) is 25.7. The van der Waals surface area contributed by atoms with Crippen LogP contribution < -0.4 is 0 Å². The van der Waals surface area contributed by atoms with Crippen LogP contribution in [0.5, 0.6) is 0 Å². The van der Waals surface area contributed by atoms with E-state index >= 15 is 0 Å². The van der Waals surface area contributed by atoms with E-state index in [1.54, 1.807) is 0 Å². The molecule has 0 amide bonds. The maximum absolute atomic E-state index is 2.48. The third-order valence-corrected chi connectivity index (χ3v) is 9.59. The molecule has 0 aliphatic carbocycles. The van der Waals surface area contributed by atoms with Crippen molar-refractivity contribution in [3.8, 4) is 0 Å². The van der Waals surface area contributed by atoms with Gasteiger partial charge in [0.15, 0.2) is 0 Å². The average molecular weight is 512 g/mol. The summed E-state index contributed by atoms with van der Waals surface area (Å²) < 4.78 is 0. The highest BCUT2D eigenvalue weighted by Crippen LogP contribution is 2.47. The van der Waals surface area contributed by atoms with Gasteiger partial charge in [-0.3, -0.25) is 0 Å². The van der Waals surface area contributed by atoms with Crippen molar-refractivity contribution in [3.63, 3.8) is 0 Å². The first kappa shape index (κ1) is 35.4. The van der Waals surface area contributed by atoms with Crippen molar-refractivity contribution in [1.29, 1.82) is 0 Å². The molecule has 0 unspecified atom stereocenters. The summed E-state index contributed by atoms with van der Waals surface area (Å²) in [5, 5.41) is 0. The second kappa shape index (κ2) is 29.0. The van der Waals surface area contributed by atoms with Crippen LogP contribution in [0.15, 0.2) is 0 Å². The first-order chi connectivity index (χ1) is 17.1. The summed E-state index contributed by atoms with van der Waals surface area (Å²) in [5.74, 6) is 0. The molecule has 212 valence electrons. The first-order valence-electron chi connectivity index (χ1n) is 16.9. The van der Waals surface area contributed by atoms with Crippen molar-refractivity contribution in [1.82, 2.24) is 0 Å². The van der Waals surface area contributed by atoms with E-state index in [0.29, 0.717) is 0 Å². The molecule has 0 N–H and O–H groups in total. The minimum absolute atomic E-state index is 0.517. The maximum atomic E-state index is 2.48. The van der Waals surface area contributed by atoms with Gasteiger partial charge in [0.1, 0.15) is 0 Å². The van der Waals surface area contributed by atoms with E-state index in [2.05, 4.69) is 26.9 Å².